The first-order valence-electron chi connectivity index (χ1n) is 9.51. The van der Waals surface area contributed by atoms with Gasteiger partial charge in [-0.3, -0.25) is 4.79 Å². The van der Waals surface area contributed by atoms with Crippen LogP contribution in [0, 0.1) is 0 Å². The minimum Gasteiger partial charge on any atom is -0.468 e. The van der Waals surface area contributed by atoms with Crippen LogP contribution in [0.4, 0.5) is 0 Å². The quantitative estimate of drug-likeness (QED) is 0.510. The van der Waals surface area contributed by atoms with Crippen LogP contribution in [0.5, 0.6) is 0 Å². The molecule has 1 atom stereocenters. The molecular formula is C21H23N3O6S2. The molecule has 1 heterocycles. The van der Waals surface area contributed by atoms with Gasteiger partial charge >= 0.3 is 0 Å². The monoisotopic (exact) mass is 477 g/mol. The first kappa shape index (κ1) is 23.7. The van der Waals surface area contributed by atoms with Gasteiger partial charge in [0.05, 0.1) is 28.6 Å². The lowest BCUT2D eigenvalue weighted by Gasteiger charge is -2.26. The van der Waals surface area contributed by atoms with Crippen LogP contribution in [0.15, 0.2) is 81.1 Å². The molecule has 2 aromatic carbocycles. The second-order valence-corrected chi connectivity index (χ2v) is 10.5. The number of nitrogens with two attached hydrogens (primary N) is 1. The number of furan rings is 1. The number of carbonyl (C=O) groups excluding carboxylic acids is 1. The highest BCUT2D eigenvalue weighted by molar-refractivity contribution is 7.89. The maximum Gasteiger partial charge on any atom is 0.254 e. The van der Waals surface area contributed by atoms with E-state index in [1.807, 2.05) is 0 Å². The van der Waals surface area contributed by atoms with Crippen molar-refractivity contribution in [1.82, 2.24) is 9.62 Å². The Hall–Kier alpha value is -2.99. The maximum absolute atomic E-state index is 12.9. The first-order valence-corrected chi connectivity index (χ1v) is 12.5. The number of hydrogen-bond acceptors (Lipinski definition) is 6. The van der Waals surface area contributed by atoms with Gasteiger partial charge in [0.25, 0.3) is 5.91 Å². The average Bonchev–Trinajstić information content (AvgIpc) is 3.30. The van der Waals surface area contributed by atoms with E-state index in [0.717, 1.165) is 0 Å². The number of carbonyl (C=O) groups is 1. The van der Waals surface area contributed by atoms with Gasteiger partial charge < -0.3 is 9.32 Å². The lowest BCUT2D eigenvalue weighted by molar-refractivity contribution is 0.0742. The fraction of sp³-hybridized carbons (Fsp3) is 0.190. The van der Waals surface area contributed by atoms with Gasteiger partial charge in [-0.25, -0.2) is 26.7 Å². The van der Waals surface area contributed by atoms with Gasteiger partial charge in [-0.15, -0.1) is 0 Å². The smallest absolute Gasteiger partial charge is 0.254 e. The summed E-state index contributed by atoms with van der Waals surface area (Å²) < 4.78 is 55.6. The zero-order valence-corrected chi connectivity index (χ0v) is 19.1. The van der Waals surface area contributed by atoms with Crippen molar-refractivity contribution in [2.24, 2.45) is 5.14 Å². The molecule has 1 aromatic heterocycles. The number of hydrogen-bond donors (Lipinski definition) is 2. The molecule has 3 rings (SSSR count). The van der Waals surface area contributed by atoms with Gasteiger partial charge in [-0.05, 0) is 61.0 Å². The normalized spacial score (nSPS) is 13.0. The molecule has 1 unspecified atom stereocenters. The highest BCUT2D eigenvalue weighted by Crippen LogP contribution is 2.23. The van der Waals surface area contributed by atoms with E-state index >= 15 is 0 Å². The lowest BCUT2D eigenvalue weighted by atomic mass is 10.1. The summed E-state index contributed by atoms with van der Waals surface area (Å²) in [7, 11) is -6.07. The molecule has 0 spiro atoms. The van der Waals surface area contributed by atoms with Gasteiger partial charge in [0.1, 0.15) is 5.76 Å². The fourth-order valence-electron chi connectivity index (χ4n) is 2.99. The van der Waals surface area contributed by atoms with Crippen molar-refractivity contribution in [1.29, 1.82) is 0 Å². The minimum atomic E-state index is -3.87. The Morgan fingerprint density at radius 2 is 1.72 bits per heavy atom. The van der Waals surface area contributed by atoms with Crippen LogP contribution in [0.25, 0.3) is 0 Å². The van der Waals surface area contributed by atoms with Crippen LogP contribution < -0.4 is 9.86 Å². The van der Waals surface area contributed by atoms with E-state index in [-0.39, 0.29) is 27.8 Å². The lowest BCUT2D eigenvalue weighted by Crippen LogP contribution is -2.30. The summed E-state index contributed by atoms with van der Waals surface area (Å²) in [5.74, 6) is 0.119. The van der Waals surface area contributed by atoms with Gasteiger partial charge in [-0.2, -0.15) is 0 Å². The third-order valence-corrected chi connectivity index (χ3v) is 7.33. The molecule has 0 aliphatic carbocycles. The molecule has 0 radical (unpaired) electrons. The summed E-state index contributed by atoms with van der Waals surface area (Å²) in [6, 6.07) is 14.5. The highest BCUT2D eigenvalue weighted by Gasteiger charge is 2.21. The Morgan fingerprint density at radius 1 is 1.03 bits per heavy atom. The Bertz CT molecular complexity index is 1300. The van der Waals surface area contributed by atoms with Crippen molar-refractivity contribution in [3.63, 3.8) is 0 Å². The molecular weight excluding hydrogens is 454 g/mol. The number of nitrogens with one attached hydrogen (secondary N) is 1. The highest BCUT2D eigenvalue weighted by atomic mass is 32.2. The van der Waals surface area contributed by atoms with Crippen LogP contribution in [0.2, 0.25) is 0 Å². The predicted molar refractivity (Wildman–Crippen MR) is 117 cm³/mol. The summed E-state index contributed by atoms with van der Waals surface area (Å²) in [5.41, 5.74) is 0.876. The molecule has 0 saturated carbocycles. The summed E-state index contributed by atoms with van der Waals surface area (Å²) in [4.78, 5) is 14.3. The molecule has 0 saturated heterocycles. The average molecular weight is 478 g/mol. The Kier molecular flexibility index (Phi) is 6.84. The zero-order chi connectivity index (χ0) is 23.5. The summed E-state index contributed by atoms with van der Waals surface area (Å²) >= 11 is 0. The zero-order valence-electron chi connectivity index (χ0n) is 17.4. The SMILES string of the molecule is CC(c1cccc(S(N)(=O)=O)c1)N(C)C(=O)c1ccc(S(=O)(=O)NCc2ccco2)cc1. The number of amides is 1. The van der Waals surface area contributed by atoms with Gasteiger partial charge in [0.2, 0.25) is 20.0 Å². The fourth-order valence-corrected chi connectivity index (χ4v) is 4.56. The predicted octanol–water partition coefficient (Wildman–Crippen LogP) is 2.24. The van der Waals surface area contributed by atoms with Crippen LogP contribution in [-0.2, 0) is 26.6 Å². The summed E-state index contributed by atoms with van der Waals surface area (Å²) in [6.45, 7) is 1.76. The molecule has 0 aliphatic heterocycles. The van der Waals surface area contributed by atoms with Crippen LogP contribution >= 0.6 is 0 Å². The van der Waals surface area contributed by atoms with Gasteiger partial charge in [-0.1, -0.05) is 12.1 Å². The van der Waals surface area contributed by atoms with E-state index in [0.29, 0.717) is 11.3 Å². The molecule has 3 aromatic rings. The third-order valence-electron chi connectivity index (χ3n) is 5.00. The van der Waals surface area contributed by atoms with Crippen LogP contribution in [-0.4, -0.2) is 34.7 Å². The largest absolute Gasteiger partial charge is 0.468 e. The molecule has 0 bridgehead atoms. The van der Waals surface area contributed by atoms with Crippen LogP contribution in [0.1, 0.15) is 34.6 Å². The summed E-state index contributed by atoms with van der Waals surface area (Å²) in [5, 5.41) is 5.18. The van der Waals surface area contributed by atoms with Crippen molar-refractivity contribution in [2.45, 2.75) is 29.3 Å². The minimum absolute atomic E-state index is 0.00779. The topological polar surface area (TPSA) is 140 Å². The van der Waals surface area contributed by atoms with E-state index in [2.05, 4.69) is 4.72 Å². The number of rotatable bonds is 8. The maximum atomic E-state index is 12.9. The van der Waals surface area contributed by atoms with Crippen molar-refractivity contribution >= 4 is 26.0 Å². The molecule has 0 aliphatic rings. The molecule has 1 amide bonds. The second-order valence-electron chi connectivity index (χ2n) is 7.14. The van der Waals surface area contributed by atoms with Gasteiger partial charge in [0.15, 0.2) is 0 Å². The first-order chi connectivity index (χ1) is 15.0. The standard InChI is InChI=1S/C21H23N3O6S2/c1-15(17-5-3-7-20(13-17)31(22,26)27)24(2)21(25)16-8-10-19(11-9-16)32(28,29)23-14-18-6-4-12-30-18/h3-13,15,23H,14H2,1-2H3,(H2,22,26,27). The van der Waals surface area contributed by atoms with Crippen molar-refractivity contribution in [3.8, 4) is 0 Å². The number of nitrogens with zero attached hydrogens (tertiary/aromatic N) is 1. The van der Waals surface area contributed by atoms with Crippen molar-refractivity contribution < 1.29 is 26.0 Å². The molecule has 9 nitrogen and oxygen atoms in total. The number of primary sulfonamides is 1. The van der Waals surface area contributed by atoms with Crippen molar-refractivity contribution in [2.75, 3.05) is 7.05 Å². The Morgan fingerprint density at radius 3 is 2.31 bits per heavy atom. The number of sulfonamides is 2. The summed E-state index contributed by atoms with van der Waals surface area (Å²) in [6.07, 6.45) is 1.45. The van der Waals surface area contributed by atoms with Crippen LogP contribution in [0.3, 0.4) is 0 Å². The Balaban J connectivity index is 1.73. The van der Waals surface area contributed by atoms with Gasteiger partial charge in [0, 0.05) is 12.6 Å². The van der Waals surface area contributed by atoms with E-state index in [1.54, 1.807) is 38.2 Å². The van der Waals surface area contributed by atoms with E-state index in [9.17, 15) is 21.6 Å². The Labute approximate surface area is 186 Å². The molecule has 32 heavy (non-hydrogen) atoms. The number of benzene rings is 2. The second kappa shape index (κ2) is 9.25. The molecule has 11 heteroatoms. The van der Waals surface area contributed by atoms with E-state index in [4.69, 9.17) is 9.56 Å². The van der Waals surface area contributed by atoms with E-state index < -0.39 is 26.1 Å². The molecule has 3 N–H and O–H groups in total. The van der Waals surface area contributed by atoms with E-state index in [1.165, 1.54) is 47.6 Å². The molecule has 170 valence electrons. The third kappa shape index (κ3) is 5.43. The van der Waals surface area contributed by atoms with Crippen molar-refractivity contribution in [3.05, 3.63) is 83.8 Å². The molecule has 0 fully saturated rings.